The Kier molecular flexibility index (Phi) is 5.44. The number of para-hydroxylation sites is 4. The summed E-state index contributed by atoms with van der Waals surface area (Å²) < 4.78 is 4.86. The van der Waals surface area contributed by atoms with Gasteiger partial charge in [-0.2, -0.15) is 0 Å². The van der Waals surface area contributed by atoms with Crippen LogP contribution in [0.3, 0.4) is 0 Å². The Labute approximate surface area is 297 Å². The molecule has 0 radical (unpaired) electrons. The lowest BCUT2D eigenvalue weighted by molar-refractivity contribution is 1.15. The van der Waals surface area contributed by atoms with Gasteiger partial charge in [-0.3, -0.25) is 4.98 Å². The number of pyridine rings is 2. The van der Waals surface area contributed by atoms with Crippen LogP contribution in [0, 0.1) is 0 Å². The smallest absolute Gasteiger partial charge is 0.162 e. The molecule has 0 fully saturated rings. The third-order valence-electron chi connectivity index (χ3n) is 10.9. The van der Waals surface area contributed by atoms with E-state index in [2.05, 4.69) is 155 Å². The zero-order chi connectivity index (χ0) is 33.9. The van der Waals surface area contributed by atoms with E-state index in [0.29, 0.717) is 5.82 Å². The summed E-state index contributed by atoms with van der Waals surface area (Å²) in [6.07, 6.45) is 1.96. The maximum absolute atomic E-state index is 5.32. The number of benzene rings is 7. The van der Waals surface area contributed by atoms with Crippen molar-refractivity contribution in [3.8, 4) is 28.3 Å². The SMILES string of the molecule is c1ccc(-c2nc(-c3ccccc3-n3c4ccccc4c4c5cccc6c7nccc8c9ccccc9n(c(cc43)c65)c87)nc3ccccc23)cc1. The van der Waals surface area contributed by atoms with Crippen LogP contribution in [0.4, 0.5) is 0 Å². The monoisotopic (exact) mass is 661 g/mol. The van der Waals surface area contributed by atoms with Crippen LogP contribution in [0.25, 0.3) is 110 Å². The minimum atomic E-state index is 0.696. The van der Waals surface area contributed by atoms with Crippen LogP contribution in [-0.4, -0.2) is 23.9 Å². The zero-order valence-electron chi connectivity index (χ0n) is 27.8. The Morgan fingerprint density at radius 2 is 1.13 bits per heavy atom. The van der Waals surface area contributed by atoms with Crippen LogP contribution in [0.15, 0.2) is 164 Å². The summed E-state index contributed by atoms with van der Waals surface area (Å²) in [6.45, 7) is 0. The zero-order valence-corrected chi connectivity index (χ0v) is 27.8. The largest absolute Gasteiger partial charge is 0.308 e. The molecule has 0 spiro atoms. The molecule has 0 saturated carbocycles. The molecule has 0 saturated heterocycles. The number of nitrogens with zero attached hydrogens (tertiary/aromatic N) is 5. The van der Waals surface area contributed by atoms with Gasteiger partial charge in [0.25, 0.3) is 0 Å². The molecule has 0 atom stereocenters. The maximum Gasteiger partial charge on any atom is 0.162 e. The van der Waals surface area contributed by atoms with Gasteiger partial charge < -0.3 is 8.97 Å². The van der Waals surface area contributed by atoms with Gasteiger partial charge in [0.2, 0.25) is 0 Å². The fourth-order valence-corrected chi connectivity index (χ4v) is 8.78. The van der Waals surface area contributed by atoms with E-state index in [9.17, 15) is 0 Å². The Morgan fingerprint density at radius 1 is 0.442 bits per heavy atom. The van der Waals surface area contributed by atoms with Gasteiger partial charge in [0, 0.05) is 55.0 Å². The van der Waals surface area contributed by atoms with E-state index in [1.165, 1.54) is 48.7 Å². The van der Waals surface area contributed by atoms with Gasteiger partial charge in [0.05, 0.1) is 50.0 Å². The first kappa shape index (κ1) is 27.7. The fourth-order valence-electron chi connectivity index (χ4n) is 8.78. The van der Waals surface area contributed by atoms with Crippen molar-refractivity contribution >= 4 is 81.7 Å². The second-order valence-corrected chi connectivity index (χ2v) is 13.6. The molecule has 240 valence electrons. The lowest BCUT2D eigenvalue weighted by atomic mass is 9.98. The minimum absolute atomic E-state index is 0.696. The lowest BCUT2D eigenvalue weighted by Crippen LogP contribution is -2.01. The predicted octanol–water partition coefficient (Wildman–Crippen LogP) is 11.8. The Balaban J connectivity index is 1.25. The number of rotatable bonds is 3. The summed E-state index contributed by atoms with van der Waals surface area (Å²) in [7, 11) is 0. The highest BCUT2D eigenvalue weighted by atomic mass is 15.0. The molecule has 5 nitrogen and oxygen atoms in total. The highest BCUT2D eigenvalue weighted by Gasteiger charge is 2.24. The number of hydrogen-bond acceptors (Lipinski definition) is 3. The summed E-state index contributed by atoms with van der Waals surface area (Å²) in [5.74, 6) is 0.696. The highest BCUT2D eigenvalue weighted by molar-refractivity contribution is 6.33. The van der Waals surface area contributed by atoms with Crippen molar-refractivity contribution in [3.05, 3.63) is 164 Å². The Morgan fingerprint density at radius 3 is 2.04 bits per heavy atom. The molecule has 5 aromatic heterocycles. The van der Waals surface area contributed by atoms with Crippen molar-refractivity contribution < 1.29 is 0 Å². The van der Waals surface area contributed by atoms with Crippen molar-refractivity contribution in [2.45, 2.75) is 0 Å². The van der Waals surface area contributed by atoms with E-state index in [1.807, 2.05) is 18.3 Å². The molecule has 52 heavy (non-hydrogen) atoms. The third-order valence-corrected chi connectivity index (χ3v) is 10.9. The second kappa shape index (κ2) is 10.2. The average Bonchev–Trinajstić information content (AvgIpc) is 3.73. The van der Waals surface area contributed by atoms with Gasteiger partial charge in [-0.15, -0.1) is 0 Å². The first-order chi connectivity index (χ1) is 25.8. The molecular weight excluding hydrogens is 635 g/mol. The number of hydrogen-bond donors (Lipinski definition) is 0. The molecule has 7 aromatic carbocycles. The van der Waals surface area contributed by atoms with Crippen molar-refractivity contribution in [2.24, 2.45) is 0 Å². The van der Waals surface area contributed by atoms with Crippen LogP contribution < -0.4 is 0 Å². The summed E-state index contributed by atoms with van der Waals surface area (Å²) in [5, 5.41) is 9.53. The van der Waals surface area contributed by atoms with E-state index < -0.39 is 0 Å². The lowest BCUT2D eigenvalue weighted by Gasteiger charge is -2.16. The molecule has 0 aliphatic carbocycles. The standard InChI is InChI=1S/C47H27N5/c1-2-13-28(14-3-1)44-31-16-4-8-21-36(31)49-47(50-44)33-18-7-11-24-39(33)51-38-23-10-6-17-32(38)42-34-19-12-20-35-43(34)41(27-40(42)51)52-37-22-9-5-15-29(37)30-25-26-48-45(35)46(30)52/h1-27H. The van der Waals surface area contributed by atoms with Crippen LogP contribution in [0.2, 0.25) is 0 Å². The molecule has 12 rings (SSSR count). The second-order valence-electron chi connectivity index (χ2n) is 13.6. The Hall–Kier alpha value is -7.11. The topological polar surface area (TPSA) is 48.0 Å². The quantitative estimate of drug-likeness (QED) is 0.140. The van der Waals surface area contributed by atoms with Crippen molar-refractivity contribution in [1.82, 2.24) is 23.9 Å². The number of fused-ring (bicyclic) bond motifs is 10. The van der Waals surface area contributed by atoms with E-state index in [0.717, 1.165) is 55.5 Å². The van der Waals surface area contributed by atoms with Gasteiger partial charge in [-0.1, -0.05) is 115 Å². The molecule has 0 aliphatic rings. The predicted molar refractivity (Wildman–Crippen MR) is 215 cm³/mol. The summed E-state index contributed by atoms with van der Waals surface area (Å²) >= 11 is 0. The first-order valence-corrected chi connectivity index (χ1v) is 17.6. The van der Waals surface area contributed by atoms with Crippen molar-refractivity contribution in [3.63, 3.8) is 0 Å². The molecule has 0 bridgehead atoms. The van der Waals surface area contributed by atoms with Gasteiger partial charge in [0.15, 0.2) is 5.82 Å². The van der Waals surface area contributed by atoms with Crippen LogP contribution in [0.5, 0.6) is 0 Å². The molecule has 0 aliphatic heterocycles. The van der Waals surface area contributed by atoms with Crippen molar-refractivity contribution in [2.75, 3.05) is 0 Å². The minimum Gasteiger partial charge on any atom is -0.308 e. The average molecular weight is 662 g/mol. The van der Waals surface area contributed by atoms with Gasteiger partial charge in [0.1, 0.15) is 0 Å². The highest BCUT2D eigenvalue weighted by Crippen LogP contribution is 2.45. The van der Waals surface area contributed by atoms with Crippen LogP contribution in [-0.2, 0) is 0 Å². The third kappa shape index (κ3) is 3.59. The van der Waals surface area contributed by atoms with Crippen LogP contribution in [0.1, 0.15) is 0 Å². The first-order valence-electron chi connectivity index (χ1n) is 17.6. The van der Waals surface area contributed by atoms with Gasteiger partial charge >= 0.3 is 0 Å². The van der Waals surface area contributed by atoms with E-state index >= 15 is 0 Å². The normalized spacial score (nSPS) is 12.2. The fraction of sp³-hybridized carbons (Fsp3) is 0. The molecule has 5 heterocycles. The molecule has 0 N–H and O–H groups in total. The molecule has 0 amide bonds. The Bertz CT molecular complexity index is 3410. The van der Waals surface area contributed by atoms with E-state index in [4.69, 9.17) is 15.0 Å². The van der Waals surface area contributed by atoms with Gasteiger partial charge in [-0.05, 0) is 47.9 Å². The molecule has 12 aromatic rings. The summed E-state index contributed by atoms with van der Waals surface area (Å²) in [6, 6.07) is 56.0. The molecule has 0 unspecified atom stereocenters. The molecular formula is C47H27N5. The summed E-state index contributed by atoms with van der Waals surface area (Å²) in [4.78, 5) is 15.5. The number of aromatic nitrogens is 5. The summed E-state index contributed by atoms with van der Waals surface area (Å²) in [5.41, 5.74) is 11.7. The van der Waals surface area contributed by atoms with E-state index in [1.54, 1.807) is 0 Å². The van der Waals surface area contributed by atoms with Gasteiger partial charge in [-0.25, -0.2) is 9.97 Å². The molecule has 5 heteroatoms. The van der Waals surface area contributed by atoms with Crippen LogP contribution >= 0.6 is 0 Å². The maximum atomic E-state index is 5.32. The van der Waals surface area contributed by atoms with E-state index in [-0.39, 0.29) is 0 Å². The van der Waals surface area contributed by atoms with Crippen molar-refractivity contribution in [1.29, 1.82) is 0 Å².